The average Bonchev–Trinajstić information content (AvgIpc) is 2.99. The van der Waals surface area contributed by atoms with Crippen molar-refractivity contribution in [2.45, 2.75) is 26.3 Å². The first kappa shape index (κ1) is 14.7. The standard InChI is InChI=1S/C17H17N3OS/c1-3-12(2)20(16(21)13-8-10-18-11-9-13)17-19-14-6-4-5-7-15(14)22-17/h4-12H,3H2,1-2H3/t12-/m1/s1. The van der Waals surface area contributed by atoms with Crippen LogP contribution in [0.2, 0.25) is 0 Å². The molecule has 0 aliphatic rings. The molecule has 0 unspecified atom stereocenters. The van der Waals surface area contributed by atoms with Gasteiger partial charge in [0.2, 0.25) is 0 Å². The fraction of sp³-hybridized carbons (Fsp3) is 0.235. The van der Waals surface area contributed by atoms with E-state index in [9.17, 15) is 4.79 Å². The number of anilines is 1. The van der Waals surface area contributed by atoms with Crippen molar-refractivity contribution in [3.05, 3.63) is 54.4 Å². The van der Waals surface area contributed by atoms with Gasteiger partial charge in [-0.05, 0) is 37.6 Å². The van der Waals surface area contributed by atoms with Gasteiger partial charge in [0.25, 0.3) is 5.91 Å². The molecule has 0 aliphatic heterocycles. The third-order valence-corrected chi connectivity index (χ3v) is 4.70. The second-order valence-electron chi connectivity index (χ2n) is 5.13. The van der Waals surface area contributed by atoms with Crippen LogP contribution in [-0.4, -0.2) is 21.9 Å². The van der Waals surface area contributed by atoms with Gasteiger partial charge in [-0.3, -0.25) is 14.7 Å². The van der Waals surface area contributed by atoms with E-state index in [0.717, 1.165) is 21.8 Å². The van der Waals surface area contributed by atoms with Gasteiger partial charge in [-0.1, -0.05) is 30.4 Å². The number of carbonyl (C=O) groups is 1. The molecule has 0 fully saturated rings. The molecule has 4 nitrogen and oxygen atoms in total. The van der Waals surface area contributed by atoms with Crippen LogP contribution in [-0.2, 0) is 0 Å². The van der Waals surface area contributed by atoms with Crippen molar-refractivity contribution in [1.82, 2.24) is 9.97 Å². The lowest BCUT2D eigenvalue weighted by atomic mass is 10.2. The van der Waals surface area contributed by atoms with E-state index in [1.54, 1.807) is 40.8 Å². The maximum Gasteiger partial charge on any atom is 0.260 e. The fourth-order valence-corrected chi connectivity index (χ4v) is 3.32. The average molecular weight is 311 g/mol. The summed E-state index contributed by atoms with van der Waals surface area (Å²) < 4.78 is 1.09. The number of aromatic nitrogens is 2. The van der Waals surface area contributed by atoms with E-state index in [2.05, 4.69) is 16.9 Å². The number of hydrogen-bond donors (Lipinski definition) is 0. The summed E-state index contributed by atoms with van der Waals surface area (Å²) in [7, 11) is 0. The Kier molecular flexibility index (Phi) is 4.15. The summed E-state index contributed by atoms with van der Waals surface area (Å²) in [6, 6.07) is 11.5. The molecule has 1 aromatic carbocycles. The number of carbonyl (C=O) groups excluding carboxylic acids is 1. The van der Waals surface area contributed by atoms with Crippen LogP contribution in [0.25, 0.3) is 10.2 Å². The maximum atomic E-state index is 12.9. The van der Waals surface area contributed by atoms with Crippen LogP contribution in [0, 0.1) is 0 Å². The van der Waals surface area contributed by atoms with Gasteiger partial charge >= 0.3 is 0 Å². The zero-order chi connectivity index (χ0) is 15.5. The van der Waals surface area contributed by atoms with E-state index in [4.69, 9.17) is 0 Å². The molecular formula is C17H17N3OS. The van der Waals surface area contributed by atoms with E-state index in [1.807, 2.05) is 31.2 Å². The summed E-state index contributed by atoms with van der Waals surface area (Å²) in [5, 5.41) is 0.748. The van der Waals surface area contributed by atoms with Crippen LogP contribution in [0.1, 0.15) is 30.6 Å². The number of amides is 1. The van der Waals surface area contributed by atoms with Crippen molar-refractivity contribution in [2.75, 3.05) is 4.90 Å². The molecule has 3 rings (SSSR count). The van der Waals surface area contributed by atoms with Crippen LogP contribution in [0.15, 0.2) is 48.8 Å². The number of thiazole rings is 1. The number of benzene rings is 1. The molecule has 0 spiro atoms. The monoisotopic (exact) mass is 311 g/mol. The number of nitrogens with zero attached hydrogens (tertiary/aromatic N) is 3. The first-order valence-electron chi connectivity index (χ1n) is 7.30. The molecule has 0 bridgehead atoms. The molecule has 22 heavy (non-hydrogen) atoms. The van der Waals surface area contributed by atoms with E-state index in [-0.39, 0.29) is 11.9 Å². The quantitative estimate of drug-likeness (QED) is 0.727. The van der Waals surface area contributed by atoms with Gasteiger partial charge in [-0.2, -0.15) is 0 Å². The molecule has 0 aliphatic carbocycles. The van der Waals surface area contributed by atoms with E-state index in [1.165, 1.54) is 0 Å². The largest absolute Gasteiger partial charge is 0.281 e. The van der Waals surface area contributed by atoms with Crippen molar-refractivity contribution in [2.24, 2.45) is 0 Å². The van der Waals surface area contributed by atoms with Gasteiger partial charge in [0.1, 0.15) is 0 Å². The van der Waals surface area contributed by atoms with Gasteiger partial charge in [0, 0.05) is 24.0 Å². The van der Waals surface area contributed by atoms with E-state index >= 15 is 0 Å². The van der Waals surface area contributed by atoms with Crippen molar-refractivity contribution in [3.63, 3.8) is 0 Å². The normalized spacial score (nSPS) is 12.3. The lowest BCUT2D eigenvalue weighted by Crippen LogP contribution is -2.38. The summed E-state index contributed by atoms with van der Waals surface area (Å²) >= 11 is 1.55. The molecule has 2 aromatic heterocycles. The van der Waals surface area contributed by atoms with Crippen LogP contribution in [0.5, 0.6) is 0 Å². The third kappa shape index (κ3) is 2.72. The van der Waals surface area contributed by atoms with E-state index < -0.39 is 0 Å². The molecule has 0 radical (unpaired) electrons. The topological polar surface area (TPSA) is 46.1 Å². The molecule has 0 N–H and O–H groups in total. The lowest BCUT2D eigenvalue weighted by molar-refractivity contribution is 0.0977. The summed E-state index contributed by atoms with van der Waals surface area (Å²) in [6.07, 6.45) is 4.15. The highest BCUT2D eigenvalue weighted by molar-refractivity contribution is 7.22. The number of hydrogen-bond acceptors (Lipinski definition) is 4. The minimum atomic E-state index is -0.0317. The second kappa shape index (κ2) is 6.23. The minimum absolute atomic E-state index is 0.0317. The highest BCUT2D eigenvalue weighted by atomic mass is 32.1. The zero-order valence-corrected chi connectivity index (χ0v) is 13.4. The Bertz CT molecular complexity index is 752. The Morgan fingerprint density at radius 1 is 1.23 bits per heavy atom. The first-order chi connectivity index (χ1) is 10.7. The third-order valence-electron chi connectivity index (χ3n) is 3.67. The molecule has 5 heteroatoms. The van der Waals surface area contributed by atoms with Crippen molar-refractivity contribution in [1.29, 1.82) is 0 Å². The summed E-state index contributed by atoms with van der Waals surface area (Å²) in [6.45, 7) is 4.12. The summed E-state index contributed by atoms with van der Waals surface area (Å²) in [5.74, 6) is -0.0317. The van der Waals surface area contributed by atoms with Crippen molar-refractivity contribution >= 4 is 32.6 Å². The Labute approximate surface area is 133 Å². The van der Waals surface area contributed by atoms with Crippen LogP contribution < -0.4 is 4.90 Å². The Hall–Kier alpha value is -2.27. The van der Waals surface area contributed by atoms with Crippen molar-refractivity contribution in [3.8, 4) is 0 Å². The fourth-order valence-electron chi connectivity index (χ4n) is 2.25. The Morgan fingerprint density at radius 2 is 1.95 bits per heavy atom. The minimum Gasteiger partial charge on any atom is -0.281 e. The molecule has 3 aromatic rings. The summed E-state index contributed by atoms with van der Waals surface area (Å²) in [5.41, 5.74) is 1.56. The Balaban J connectivity index is 2.04. The zero-order valence-electron chi connectivity index (χ0n) is 12.6. The molecule has 1 amide bonds. The number of para-hydroxylation sites is 1. The van der Waals surface area contributed by atoms with Crippen LogP contribution >= 0.6 is 11.3 Å². The predicted octanol–water partition coefficient (Wildman–Crippen LogP) is 4.14. The van der Waals surface area contributed by atoms with Gasteiger partial charge in [-0.15, -0.1) is 0 Å². The number of fused-ring (bicyclic) bond motifs is 1. The Morgan fingerprint density at radius 3 is 2.64 bits per heavy atom. The number of pyridine rings is 1. The maximum absolute atomic E-state index is 12.9. The molecule has 2 heterocycles. The first-order valence-corrected chi connectivity index (χ1v) is 8.11. The molecule has 0 saturated carbocycles. The van der Waals surface area contributed by atoms with Crippen LogP contribution in [0.4, 0.5) is 5.13 Å². The number of rotatable bonds is 4. The second-order valence-corrected chi connectivity index (χ2v) is 6.14. The van der Waals surface area contributed by atoms with Crippen molar-refractivity contribution < 1.29 is 4.79 Å². The summed E-state index contributed by atoms with van der Waals surface area (Å²) in [4.78, 5) is 23.3. The van der Waals surface area contributed by atoms with Gasteiger partial charge in [0.15, 0.2) is 5.13 Å². The smallest absolute Gasteiger partial charge is 0.260 e. The predicted molar refractivity (Wildman–Crippen MR) is 90.4 cm³/mol. The van der Waals surface area contributed by atoms with E-state index in [0.29, 0.717) is 5.56 Å². The lowest BCUT2D eigenvalue weighted by Gasteiger charge is -2.26. The van der Waals surface area contributed by atoms with Gasteiger partial charge in [0.05, 0.1) is 10.2 Å². The SMILES string of the molecule is CC[C@@H](C)N(C(=O)c1ccncc1)c1nc2ccccc2s1. The highest BCUT2D eigenvalue weighted by Crippen LogP contribution is 2.31. The van der Waals surface area contributed by atoms with Gasteiger partial charge < -0.3 is 0 Å². The molecule has 112 valence electrons. The van der Waals surface area contributed by atoms with Gasteiger partial charge in [-0.25, -0.2) is 4.98 Å². The molecule has 0 saturated heterocycles. The molecule has 1 atom stereocenters. The highest BCUT2D eigenvalue weighted by Gasteiger charge is 2.25. The molecular weight excluding hydrogens is 294 g/mol. The van der Waals surface area contributed by atoms with Crippen LogP contribution in [0.3, 0.4) is 0 Å².